The first kappa shape index (κ1) is 17.5. The first-order chi connectivity index (χ1) is 11.2. The highest BCUT2D eigenvalue weighted by molar-refractivity contribution is 6.08. The number of rotatable bonds is 5. The van der Waals surface area contributed by atoms with Crippen LogP contribution in [0.3, 0.4) is 0 Å². The Kier molecular flexibility index (Phi) is 5.55. The zero-order valence-corrected chi connectivity index (χ0v) is 13.7. The van der Waals surface area contributed by atoms with E-state index in [0.29, 0.717) is 23.6 Å². The van der Waals surface area contributed by atoms with Gasteiger partial charge in [-0.2, -0.15) is 4.57 Å². The molecular formula is C17H16ClN3O3. The highest BCUT2D eigenvalue weighted by Gasteiger charge is 2.19. The SMILES string of the molecule is COc1ccc(C(=O)c2[nH]c(=O)[nH]c2C[n+]2ccccc2)cc1.[Cl-]. The molecule has 124 valence electrons. The van der Waals surface area contributed by atoms with E-state index in [4.69, 9.17) is 4.74 Å². The second-order valence-corrected chi connectivity index (χ2v) is 5.04. The summed E-state index contributed by atoms with van der Waals surface area (Å²) in [6.07, 6.45) is 3.74. The van der Waals surface area contributed by atoms with Crippen LogP contribution in [0, 0.1) is 0 Å². The minimum atomic E-state index is -0.395. The second-order valence-electron chi connectivity index (χ2n) is 5.04. The summed E-state index contributed by atoms with van der Waals surface area (Å²) >= 11 is 0. The Morgan fingerprint density at radius 2 is 1.75 bits per heavy atom. The van der Waals surface area contributed by atoms with E-state index in [1.165, 1.54) is 0 Å². The Morgan fingerprint density at radius 1 is 1.08 bits per heavy atom. The third-order valence-electron chi connectivity index (χ3n) is 3.50. The molecule has 0 amide bonds. The maximum atomic E-state index is 12.6. The molecule has 2 heterocycles. The normalized spacial score (nSPS) is 10.0. The fourth-order valence-electron chi connectivity index (χ4n) is 2.34. The van der Waals surface area contributed by atoms with Crippen LogP contribution in [-0.4, -0.2) is 22.9 Å². The molecule has 0 aliphatic carbocycles. The second kappa shape index (κ2) is 7.61. The Hall–Kier alpha value is -2.86. The van der Waals surface area contributed by atoms with Crippen LogP contribution in [0.15, 0.2) is 59.7 Å². The number of H-pyrrole nitrogens is 2. The number of pyridine rings is 1. The van der Waals surface area contributed by atoms with Crippen LogP contribution in [-0.2, 0) is 6.54 Å². The van der Waals surface area contributed by atoms with Crippen molar-refractivity contribution in [3.63, 3.8) is 0 Å². The minimum absolute atomic E-state index is 0. The van der Waals surface area contributed by atoms with Gasteiger partial charge >= 0.3 is 5.69 Å². The first-order valence-electron chi connectivity index (χ1n) is 7.11. The Balaban J connectivity index is 0.00000208. The van der Waals surface area contributed by atoms with Crippen LogP contribution in [0.25, 0.3) is 0 Å². The molecule has 3 rings (SSSR count). The van der Waals surface area contributed by atoms with Crippen molar-refractivity contribution in [2.45, 2.75) is 6.54 Å². The van der Waals surface area contributed by atoms with Crippen LogP contribution in [0.4, 0.5) is 0 Å². The number of hydrogen-bond donors (Lipinski definition) is 2. The van der Waals surface area contributed by atoms with Gasteiger partial charge in [-0.15, -0.1) is 0 Å². The van der Waals surface area contributed by atoms with E-state index in [2.05, 4.69) is 9.97 Å². The van der Waals surface area contributed by atoms with Crippen molar-refractivity contribution in [2.24, 2.45) is 0 Å². The summed E-state index contributed by atoms with van der Waals surface area (Å²) in [6, 6.07) is 12.4. The fraction of sp³-hybridized carbons (Fsp3) is 0.118. The molecule has 24 heavy (non-hydrogen) atoms. The number of ketones is 1. The van der Waals surface area contributed by atoms with Gasteiger partial charge in [-0.05, 0) is 24.3 Å². The number of methoxy groups -OCH3 is 1. The van der Waals surface area contributed by atoms with Crippen molar-refractivity contribution in [3.8, 4) is 5.75 Å². The molecule has 2 aromatic heterocycles. The highest BCUT2D eigenvalue weighted by atomic mass is 35.5. The zero-order chi connectivity index (χ0) is 16.2. The van der Waals surface area contributed by atoms with E-state index in [1.807, 2.05) is 35.2 Å². The minimum Gasteiger partial charge on any atom is -1.00 e. The van der Waals surface area contributed by atoms with Gasteiger partial charge in [-0.25, -0.2) is 4.79 Å². The number of halogens is 1. The highest BCUT2D eigenvalue weighted by Crippen LogP contribution is 2.15. The monoisotopic (exact) mass is 345 g/mol. The Labute approximate surface area is 144 Å². The standard InChI is InChI=1S/C17H15N3O3.ClH/c1-23-13-7-5-12(6-8-13)16(21)15-14(18-17(22)19-15)11-20-9-3-2-4-10-20;/h2-10H,11H2,1H3,(H-,18,19,21,22);1H. The average molecular weight is 346 g/mol. The van der Waals surface area contributed by atoms with Crippen molar-refractivity contribution in [1.82, 2.24) is 9.97 Å². The lowest BCUT2D eigenvalue weighted by Crippen LogP contribution is -3.00. The number of carbonyl (C=O) groups excluding carboxylic acids is 1. The summed E-state index contributed by atoms with van der Waals surface area (Å²) in [5.41, 5.74) is 0.914. The Morgan fingerprint density at radius 3 is 2.38 bits per heavy atom. The molecule has 0 unspecified atom stereocenters. The van der Waals surface area contributed by atoms with Crippen molar-refractivity contribution >= 4 is 5.78 Å². The smallest absolute Gasteiger partial charge is 0.323 e. The van der Waals surface area contributed by atoms with Crippen molar-refractivity contribution in [1.29, 1.82) is 0 Å². The first-order valence-corrected chi connectivity index (χ1v) is 7.11. The summed E-state index contributed by atoms with van der Waals surface area (Å²) in [4.78, 5) is 29.6. The lowest BCUT2D eigenvalue weighted by molar-refractivity contribution is -0.688. The summed E-state index contributed by atoms with van der Waals surface area (Å²) in [7, 11) is 1.57. The van der Waals surface area contributed by atoms with Crippen LogP contribution in [0.5, 0.6) is 5.75 Å². The van der Waals surface area contributed by atoms with Gasteiger partial charge in [-0.1, -0.05) is 6.07 Å². The van der Waals surface area contributed by atoms with Crippen molar-refractivity contribution in [2.75, 3.05) is 7.11 Å². The number of aromatic nitrogens is 3. The molecular weight excluding hydrogens is 330 g/mol. The van der Waals surface area contributed by atoms with E-state index in [0.717, 1.165) is 0 Å². The molecule has 0 saturated heterocycles. The maximum Gasteiger partial charge on any atom is 0.323 e. The van der Waals surface area contributed by atoms with Crippen molar-refractivity contribution in [3.05, 3.63) is 82.3 Å². The van der Waals surface area contributed by atoms with Crippen LogP contribution >= 0.6 is 0 Å². The van der Waals surface area contributed by atoms with Gasteiger partial charge in [0.25, 0.3) is 0 Å². The van der Waals surface area contributed by atoms with Gasteiger partial charge in [0.15, 0.2) is 18.9 Å². The van der Waals surface area contributed by atoms with E-state index in [9.17, 15) is 9.59 Å². The van der Waals surface area contributed by atoms with Crippen molar-refractivity contribution < 1.29 is 26.5 Å². The molecule has 2 N–H and O–H groups in total. The number of nitrogens with one attached hydrogen (secondary N) is 2. The van der Waals surface area contributed by atoms with Crippen LogP contribution in [0.2, 0.25) is 0 Å². The zero-order valence-electron chi connectivity index (χ0n) is 13.0. The molecule has 3 aromatic rings. The quantitative estimate of drug-likeness (QED) is 0.426. The predicted octanol–water partition coefficient (Wildman–Crippen LogP) is -1.72. The third-order valence-corrected chi connectivity index (χ3v) is 3.50. The number of nitrogens with zero attached hydrogens (tertiary/aromatic N) is 1. The van der Waals surface area contributed by atoms with Gasteiger partial charge in [-0.3, -0.25) is 4.79 Å². The lowest BCUT2D eigenvalue weighted by Gasteiger charge is -2.03. The molecule has 0 bridgehead atoms. The van der Waals surface area contributed by atoms with E-state index >= 15 is 0 Å². The summed E-state index contributed by atoms with van der Waals surface area (Å²) in [5.74, 6) is 0.432. The molecule has 0 atom stereocenters. The molecule has 0 fully saturated rings. The maximum absolute atomic E-state index is 12.6. The van der Waals surface area contributed by atoms with Gasteiger partial charge in [0.05, 0.1) is 7.11 Å². The Bertz CT molecular complexity index is 870. The molecule has 0 aliphatic heterocycles. The molecule has 0 saturated carbocycles. The topological polar surface area (TPSA) is 78.8 Å². The third kappa shape index (κ3) is 3.72. The largest absolute Gasteiger partial charge is 1.00 e. The molecule has 0 radical (unpaired) electrons. The molecule has 1 aromatic carbocycles. The van der Waals surface area contributed by atoms with Gasteiger partial charge in [0, 0.05) is 17.7 Å². The average Bonchev–Trinajstić information content (AvgIpc) is 2.95. The fourth-order valence-corrected chi connectivity index (χ4v) is 2.34. The summed E-state index contributed by atoms with van der Waals surface area (Å²) < 4.78 is 6.96. The summed E-state index contributed by atoms with van der Waals surface area (Å²) in [6.45, 7) is 0.400. The molecule has 7 heteroatoms. The lowest BCUT2D eigenvalue weighted by atomic mass is 10.1. The summed E-state index contributed by atoms with van der Waals surface area (Å²) in [5, 5.41) is 0. The number of hydrogen-bond acceptors (Lipinski definition) is 3. The predicted molar refractivity (Wildman–Crippen MR) is 83.6 cm³/mol. The van der Waals surface area contributed by atoms with E-state index in [-0.39, 0.29) is 23.9 Å². The van der Waals surface area contributed by atoms with Crippen LogP contribution in [0.1, 0.15) is 21.7 Å². The van der Waals surface area contributed by atoms with E-state index in [1.54, 1.807) is 31.4 Å². The molecule has 0 spiro atoms. The number of benzene rings is 1. The number of ether oxygens (including phenoxy) is 1. The van der Waals surface area contributed by atoms with Gasteiger partial charge in [0.2, 0.25) is 5.78 Å². The van der Waals surface area contributed by atoms with Crippen LogP contribution < -0.4 is 27.4 Å². The molecule has 0 aliphatic rings. The van der Waals surface area contributed by atoms with Gasteiger partial charge < -0.3 is 27.1 Å². The molecule has 6 nitrogen and oxygen atoms in total. The number of imidazole rings is 1. The number of carbonyl (C=O) groups is 1. The van der Waals surface area contributed by atoms with Gasteiger partial charge in [0.1, 0.15) is 17.1 Å². The van der Waals surface area contributed by atoms with E-state index < -0.39 is 5.69 Å². The number of aromatic amines is 2.